The van der Waals surface area contributed by atoms with E-state index in [9.17, 15) is 0 Å². The van der Waals surface area contributed by atoms with Crippen LogP contribution < -0.4 is 15.5 Å². The molecule has 0 bridgehead atoms. The predicted molar refractivity (Wildman–Crippen MR) is 104 cm³/mol. The number of rotatable bonds is 6. The Morgan fingerprint density at radius 2 is 1.91 bits per heavy atom. The summed E-state index contributed by atoms with van der Waals surface area (Å²) in [5.74, 6) is 2.83. The average Bonchev–Trinajstić information content (AvgIpc) is 2.59. The van der Waals surface area contributed by atoms with Crippen LogP contribution in [-0.2, 0) is 6.54 Å². The monoisotopic (exact) mass is 334 g/mol. The van der Waals surface area contributed by atoms with Crippen molar-refractivity contribution < 1.29 is 0 Å². The molecule has 0 spiro atoms. The summed E-state index contributed by atoms with van der Waals surface area (Å²) in [6, 6.07) is 8.93. The topological polar surface area (TPSA) is 39.7 Å². The summed E-state index contributed by atoms with van der Waals surface area (Å²) in [5, 5.41) is 6.68. The maximum atomic E-state index is 4.25. The number of benzene rings is 1. The molecule has 128 valence electrons. The summed E-state index contributed by atoms with van der Waals surface area (Å²) in [6.07, 6.45) is 4.73. The fourth-order valence-corrected chi connectivity index (χ4v) is 3.08. The molecule has 2 N–H and O–H groups in total. The molecule has 0 amide bonds. The number of piperidine rings is 1. The van der Waals surface area contributed by atoms with Gasteiger partial charge in [0.2, 0.25) is 0 Å². The lowest BCUT2D eigenvalue weighted by Crippen LogP contribution is -2.37. The molecule has 1 fully saturated rings. The number of aliphatic imine (C=N–C) groups is 1. The quantitative estimate of drug-likeness (QED) is 0.477. The highest BCUT2D eigenvalue weighted by Gasteiger charge is 2.15. The molecule has 1 aliphatic heterocycles. The van der Waals surface area contributed by atoms with Gasteiger partial charge in [-0.05, 0) is 42.7 Å². The lowest BCUT2D eigenvalue weighted by molar-refractivity contribution is 0.438. The van der Waals surface area contributed by atoms with Gasteiger partial charge >= 0.3 is 0 Å². The number of nitrogens with one attached hydrogen (secondary N) is 2. The Labute approximate surface area is 145 Å². The third-order valence-corrected chi connectivity index (χ3v) is 4.98. The Kier molecular flexibility index (Phi) is 7.59. The number of guanidine groups is 1. The van der Waals surface area contributed by atoms with Gasteiger partial charge in [0.15, 0.2) is 5.96 Å². The molecule has 1 aromatic rings. The maximum absolute atomic E-state index is 4.25. The first-order chi connectivity index (χ1) is 11.2. The fourth-order valence-electron chi connectivity index (χ4n) is 2.77. The molecule has 0 aliphatic carbocycles. The largest absolute Gasteiger partial charge is 0.372 e. The van der Waals surface area contributed by atoms with Crippen LogP contribution in [0.2, 0.25) is 0 Å². The van der Waals surface area contributed by atoms with E-state index in [1.165, 1.54) is 37.2 Å². The molecule has 1 aliphatic rings. The van der Waals surface area contributed by atoms with Gasteiger partial charge in [-0.3, -0.25) is 4.99 Å². The molecule has 23 heavy (non-hydrogen) atoms. The molecule has 1 heterocycles. The molecule has 2 rings (SSSR count). The normalized spacial score (nSPS) is 16.5. The third kappa shape index (κ3) is 5.98. The van der Waals surface area contributed by atoms with Crippen molar-refractivity contribution in [2.75, 3.05) is 43.6 Å². The number of nitrogens with zero attached hydrogens (tertiary/aromatic N) is 2. The van der Waals surface area contributed by atoms with Crippen molar-refractivity contribution in [1.29, 1.82) is 0 Å². The second kappa shape index (κ2) is 9.71. The van der Waals surface area contributed by atoms with Crippen LogP contribution in [0.4, 0.5) is 5.69 Å². The minimum absolute atomic E-state index is 0.802. The van der Waals surface area contributed by atoms with Gasteiger partial charge in [-0.15, -0.1) is 0 Å². The lowest BCUT2D eigenvalue weighted by Gasteiger charge is -2.32. The summed E-state index contributed by atoms with van der Waals surface area (Å²) < 4.78 is 0. The van der Waals surface area contributed by atoms with Gasteiger partial charge in [0.1, 0.15) is 0 Å². The first kappa shape index (κ1) is 18.0. The molecule has 0 atom stereocenters. The molecule has 0 unspecified atom stereocenters. The van der Waals surface area contributed by atoms with Crippen molar-refractivity contribution in [3.8, 4) is 0 Å². The number of thioether (sulfide) groups is 1. The van der Waals surface area contributed by atoms with Crippen LogP contribution in [0.3, 0.4) is 0 Å². The van der Waals surface area contributed by atoms with Gasteiger partial charge in [0.05, 0.1) is 0 Å². The van der Waals surface area contributed by atoms with Crippen molar-refractivity contribution >= 4 is 23.4 Å². The smallest absolute Gasteiger partial charge is 0.191 e. The molecule has 0 saturated carbocycles. The first-order valence-corrected chi connectivity index (χ1v) is 9.89. The summed E-state index contributed by atoms with van der Waals surface area (Å²) in [5.41, 5.74) is 2.63. The van der Waals surface area contributed by atoms with Crippen molar-refractivity contribution in [2.45, 2.75) is 26.3 Å². The van der Waals surface area contributed by atoms with E-state index in [1.54, 1.807) is 0 Å². The minimum Gasteiger partial charge on any atom is -0.372 e. The molecule has 5 heteroatoms. The molecular weight excluding hydrogens is 304 g/mol. The standard InChI is InChI=1S/C18H30N4S/c1-15-8-11-22(12-9-15)17-6-4-16(5-7-17)14-21-18(19-2)20-10-13-23-3/h4-7,15H,8-14H2,1-3H3,(H2,19,20,21). The fraction of sp³-hybridized carbons (Fsp3) is 0.611. The van der Waals surface area contributed by atoms with Gasteiger partial charge < -0.3 is 15.5 Å². The number of hydrogen-bond donors (Lipinski definition) is 2. The summed E-state index contributed by atoms with van der Waals surface area (Å²) in [7, 11) is 1.81. The zero-order valence-electron chi connectivity index (χ0n) is 14.6. The van der Waals surface area contributed by atoms with Crippen LogP contribution >= 0.6 is 11.8 Å². The lowest BCUT2D eigenvalue weighted by atomic mass is 9.99. The van der Waals surface area contributed by atoms with E-state index in [4.69, 9.17) is 0 Å². The van der Waals surface area contributed by atoms with Gasteiger partial charge in [-0.2, -0.15) is 11.8 Å². The van der Waals surface area contributed by atoms with Crippen molar-refractivity contribution in [3.05, 3.63) is 29.8 Å². The second-order valence-corrected chi connectivity index (χ2v) is 7.17. The summed E-state index contributed by atoms with van der Waals surface area (Å²) in [4.78, 5) is 6.75. The van der Waals surface area contributed by atoms with Crippen LogP contribution in [-0.4, -0.2) is 44.7 Å². The van der Waals surface area contributed by atoms with E-state index in [-0.39, 0.29) is 0 Å². The molecule has 4 nitrogen and oxygen atoms in total. The Hall–Kier alpha value is -1.36. The summed E-state index contributed by atoms with van der Waals surface area (Å²) >= 11 is 1.83. The highest BCUT2D eigenvalue weighted by Crippen LogP contribution is 2.23. The highest BCUT2D eigenvalue weighted by molar-refractivity contribution is 7.98. The Morgan fingerprint density at radius 1 is 1.22 bits per heavy atom. The maximum Gasteiger partial charge on any atom is 0.191 e. The van der Waals surface area contributed by atoms with Crippen LogP contribution in [0.1, 0.15) is 25.3 Å². The van der Waals surface area contributed by atoms with Crippen LogP contribution in [0, 0.1) is 5.92 Å². The van der Waals surface area contributed by atoms with E-state index in [0.717, 1.165) is 30.7 Å². The Balaban J connectivity index is 1.80. The van der Waals surface area contributed by atoms with Crippen molar-refractivity contribution in [3.63, 3.8) is 0 Å². The summed E-state index contributed by atoms with van der Waals surface area (Å²) in [6.45, 7) is 6.46. The van der Waals surface area contributed by atoms with Crippen molar-refractivity contribution in [1.82, 2.24) is 10.6 Å². The molecule has 1 saturated heterocycles. The number of anilines is 1. The van der Waals surface area contributed by atoms with Crippen molar-refractivity contribution in [2.24, 2.45) is 10.9 Å². The molecule has 0 radical (unpaired) electrons. The molecule has 0 aromatic heterocycles. The zero-order valence-corrected chi connectivity index (χ0v) is 15.5. The van der Waals surface area contributed by atoms with Gasteiger partial charge in [-0.1, -0.05) is 19.1 Å². The third-order valence-electron chi connectivity index (χ3n) is 4.37. The van der Waals surface area contributed by atoms with E-state index < -0.39 is 0 Å². The van der Waals surface area contributed by atoms with Crippen LogP contribution in [0.25, 0.3) is 0 Å². The van der Waals surface area contributed by atoms with Crippen LogP contribution in [0.5, 0.6) is 0 Å². The number of hydrogen-bond acceptors (Lipinski definition) is 3. The van der Waals surface area contributed by atoms with E-state index >= 15 is 0 Å². The SMILES string of the molecule is CN=C(NCCSC)NCc1ccc(N2CCC(C)CC2)cc1. The zero-order chi connectivity index (χ0) is 16.5. The molecule has 1 aromatic carbocycles. The van der Waals surface area contributed by atoms with E-state index in [1.807, 2.05) is 18.8 Å². The van der Waals surface area contributed by atoms with E-state index in [2.05, 4.69) is 58.0 Å². The van der Waals surface area contributed by atoms with Gasteiger partial charge in [0, 0.05) is 44.7 Å². The average molecular weight is 335 g/mol. The highest BCUT2D eigenvalue weighted by atomic mass is 32.2. The van der Waals surface area contributed by atoms with Gasteiger partial charge in [-0.25, -0.2) is 0 Å². The van der Waals surface area contributed by atoms with Crippen LogP contribution in [0.15, 0.2) is 29.3 Å². The second-order valence-electron chi connectivity index (χ2n) is 6.18. The minimum atomic E-state index is 0.802. The Bertz CT molecular complexity index is 478. The van der Waals surface area contributed by atoms with E-state index in [0.29, 0.717) is 0 Å². The molecular formula is C18H30N4S. The first-order valence-electron chi connectivity index (χ1n) is 8.50. The van der Waals surface area contributed by atoms with Gasteiger partial charge in [0.25, 0.3) is 0 Å². The predicted octanol–water partition coefficient (Wildman–Crippen LogP) is 2.95. The Morgan fingerprint density at radius 3 is 2.52 bits per heavy atom.